The van der Waals surface area contributed by atoms with Crippen molar-refractivity contribution in [1.82, 2.24) is 14.8 Å². The number of aromatic nitrogens is 3. The molecule has 0 bridgehead atoms. The lowest BCUT2D eigenvalue weighted by Gasteiger charge is -1.98. The molecule has 0 saturated heterocycles. The van der Waals surface area contributed by atoms with Gasteiger partial charge in [0.1, 0.15) is 6.33 Å². The third kappa shape index (κ3) is 1.31. The van der Waals surface area contributed by atoms with Crippen LogP contribution < -0.4 is 0 Å². The monoisotopic (exact) mass is 178 g/mol. The van der Waals surface area contributed by atoms with Gasteiger partial charge in [0.05, 0.1) is 0 Å². The van der Waals surface area contributed by atoms with Gasteiger partial charge in [-0.25, -0.2) is 0 Å². The molecule has 12 heavy (non-hydrogen) atoms. The number of nitrogens with zero attached hydrogens (tertiary/aromatic N) is 3. The van der Waals surface area contributed by atoms with Crippen LogP contribution in [-0.4, -0.2) is 14.8 Å². The second kappa shape index (κ2) is 2.95. The molecule has 0 amide bonds. The Bertz CT molecular complexity index is 352. The van der Waals surface area contributed by atoms with Crippen molar-refractivity contribution in [3.8, 4) is 5.69 Å². The van der Waals surface area contributed by atoms with Crippen LogP contribution in [0.3, 0.4) is 0 Å². The molecular formula is C8H5ClN3. The maximum Gasteiger partial charge on any atom is 0.206 e. The zero-order chi connectivity index (χ0) is 8.39. The van der Waals surface area contributed by atoms with E-state index in [9.17, 15) is 0 Å². The van der Waals surface area contributed by atoms with E-state index in [1.54, 1.807) is 10.9 Å². The first-order valence-corrected chi connectivity index (χ1v) is 3.78. The van der Waals surface area contributed by atoms with E-state index < -0.39 is 0 Å². The van der Waals surface area contributed by atoms with Gasteiger partial charge in [0.25, 0.3) is 0 Å². The zero-order valence-corrected chi connectivity index (χ0v) is 6.86. The summed E-state index contributed by atoms with van der Waals surface area (Å²) in [6.45, 7) is 0. The van der Waals surface area contributed by atoms with Crippen molar-refractivity contribution in [1.29, 1.82) is 0 Å². The third-order valence-electron chi connectivity index (χ3n) is 1.48. The quantitative estimate of drug-likeness (QED) is 0.666. The van der Waals surface area contributed by atoms with E-state index in [1.807, 2.05) is 24.3 Å². The molecule has 3 nitrogen and oxygen atoms in total. The predicted octanol–water partition coefficient (Wildman–Crippen LogP) is 1.72. The van der Waals surface area contributed by atoms with Gasteiger partial charge in [-0.1, -0.05) is 11.6 Å². The summed E-state index contributed by atoms with van der Waals surface area (Å²) in [4.78, 5) is 0. The second-order valence-electron chi connectivity index (χ2n) is 2.28. The van der Waals surface area contributed by atoms with Gasteiger partial charge in [0.2, 0.25) is 6.33 Å². The van der Waals surface area contributed by atoms with E-state index in [0.29, 0.717) is 5.02 Å². The first-order valence-electron chi connectivity index (χ1n) is 3.40. The molecule has 1 radical (unpaired) electrons. The molecular weight excluding hydrogens is 174 g/mol. The predicted molar refractivity (Wildman–Crippen MR) is 45.2 cm³/mol. The third-order valence-corrected chi connectivity index (χ3v) is 1.73. The maximum atomic E-state index is 5.72. The van der Waals surface area contributed by atoms with Crippen LogP contribution in [0.5, 0.6) is 0 Å². The van der Waals surface area contributed by atoms with Crippen LogP contribution in [-0.2, 0) is 0 Å². The molecule has 2 aromatic rings. The van der Waals surface area contributed by atoms with Crippen LogP contribution in [0.1, 0.15) is 0 Å². The van der Waals surface area contributed by atoms with Crippen molar-refractivity contribution in [3.63, 3.8) is 0 Å². The highest BCUT2D eigenvalue weighted by Gasteiger charge is 1.94. The molecule has 0 N–H and O–H groups in total. The average Bonchev–Trinajstić information content (AvgIpc) is 2.58. The van der Waals surface area contributed by atoms with Gasteiger partial charge in [-0.2, -0.15) is 0 Å². The highest BCUT2D eigenvalue weighted by Crippen LogP contribution is 2.11. The van der Waals surface area contributed by atoms with Crippen molar-refractivity contribution < 1.29 is 0 Å². The smallest absolute Gasteiger partial charge is 0.206 e. The van der Waals surface area contributed by atoms with Crippen LogP contribution in [0.2, 0.25) is 5.02 Å². The minimum Gasteiger partial charge on any atom is -0.279 e. The summed E-state index contributed by atoms with van der Waals surface area (Å²) in [6, 6.07) is 7.37. The summed E-state index contributed by atoms with van der Waals surface area (Å²) in [7, 11) is 0. The van der Waals surface area contributed by atoms with Crippen LogP contribution >= 0.6 is 11.6 Å². The van der Waals surface area contributed by atoms with E-state index in [0.717, 1.165) is 5.69 Å². The Hall–Kier alpha value is -1.35. The van der Waals surface area contributed by atoms with Gasteiger partial charge >= 0.3 is 0 Å². The fraction of sp³-hybridized carbons (Fsp3) is 0. The number of hydrogen-bond donors (Lipinski definition) is 0. The normalized spacial score (nSPS) is 10.1. The number of hydrogen-bond acceptors (Lipinski definition) is 2. The minimum absolute atomic E-state index is 0.715. The van der Waals surface area contributed by atoms with Gasteiger partial charge in [0.15, 0.2) is 0 Å². The fourth-order valence-electron chi connectivity index (χ4n) is 0.903. The van der Waals surface area contributed by atoms with Gasteiger partial charge in [-0.15, -0.1) is 10.2 Å². The van der Waals surface area contributed by atoms with E-state index >= 15 is 0 Å². The average molecular weight is 179 g/mol. The molecule has 0 aliphatic carbocycles. The van der Waals surface area contributed by atoms with Crippen LogP contribution in [0.4, 0.5) is 0 Å². The fourth-order valence-corrected chi connectivity index (χ4v) is 1.03. The summed E-state index contributed by atoms with van der Waals surface area (Å²) in [5.41, 5.74) is 0.949. The van der Waals surface area contributed by atoms with Crippen LogP contribution in [0, 0.1) is 6.33 Å². The summed E-state index contributed by atoms with van der Waals surface area (Å²) in [6.07, 6.45) is 4.27. The lowest BCUT2D eigenvalue weighted by molar-refractivity contribution is 1.04. The highest BCUT2D eigenvalue weighted by atomic mass is 35.5. The molecule has 1 heterocycles. The van der Waals surface area contributed by atoms with Crippen molar-refractivity contribution in [2.45, 2.75) is 0 Å². The van der Waals surface area contributed by atoms with E-state index in [-0.39, 0.29) is 0 Å². The second-order valence-corrected chi connectivity index (χ2v) is 2.71. The minimum atomic E-state index is 0.715. The number of rotatable bonds is 1. The molecule has 0 unspecified atom stereocenters. The first kappa shape index (κ1) is 7.31. The highest BCUT2D eigenvalue weighted by molar-refractivity contribution is 6.30. The SMILES string of the molecule is Clc1ccc(-n2[c]nnc2)cc1. The molecule has 0 saturated carbocycles. The zero-order valence-electron chi connectivity index (χ0n) is 6.11. The Balaban J connectivity index is 2.43. The van der Waals surface area contributed by atoms with Crippen molar-refractivity contribution in [3.05, 3.63) is 41.9 Å². The Labute approximate surface area is 74.6 Å². The summed E-state index contributed by atoms with van der Waals surface area (Å²) in [5.74, 6) is 0. The van der Waals surface area contributed by atoms with Crippen molar-refractivity contribution in [2.24, 2.45) is 0 Å². The Morgan fingerprint density at radius 1 is 1.25 bits per heavy atom. The molecule has 0 spiro atoms. The summed E-state index contributed by atoms with van der Waals surface area (Å²) < 4.78 is 1.69. The Morgan fingerprint density at radius 3 is 2.58 bits per heavy atom. The topological polar surface area (TPSA) is 30.7 Å². The molecule has 4 heteroatoms. The maximum absolute atomic E-state index is 5.72. The van der Waals surface area contributed by atoms with Gasteiger partial charge in [0, 0.05) is 10.7 Å². The molecule has 0 atom stereocenters. The van der Waals surface area contributed by atoms with Gasteiger partial charge in [-0.05, 0) is 24.3 Å². The van der Waals surface area contributed by atoms with E-state index in [2.05, 4.69) is 16.5 Å². The molecule has 0 fully saturated rings. The molecule has 1 aromatic heterocycles. The van der Waals surface area contributed by atoms with Crippen molar-refractivity contribution in [2.75, 3.05) is 0 Å². The molecule has 0 aliphatic heterocycles. The first-order chi connectivity index (χ1) is 5.86. The summed E-state index contributed by atoms with van der Waals surface area (Å²) >= 11 is 5.72. The molecule has 0 aliphatic rings. The lowest BCUT2D eigenvalue weighted by atomic mass is 10.3. The Kier molecular flexibility index (Phi) is 1.80. The Morgan fingerprint density at radius 2 is 2.00 bits per heavy atom. The standard InChI is InChI=1S/C8H5ClN3/c9-7-1-3-8(4-2-7)12-5-10-11-6-12/h1-5H. The lowest BCUT2D eigenvalue weighted by Crippen LogP contribution is -1.88. The largest absolute Gasteiger partial charge is 0.279 e. The van der Waals surface area contributed by atoms with Crippen molar-refractivity contribution >= 4 is 11.6 Å². The summed E-state index contributed by atoms with van der Waals surface area (Å²) in [5, 5.41) is 7.94. The van der Waals surface area contributed by atoms with Gasteiger partial charge in [-0.3, -0.25) is 4.57 Å². The molecule has 2 rings (SSSR count). The number of benzene rings is 1. The molecule has 59 valence electrons. The van der Waals surface area contributed by atoms with Crippen LogP contribution in [0.15, 0.2) is 30.6 Å². The van der Waals surface area contributed by atoms with E-state index in [1.165, 1.54) is 0 Å². The van der Waals surface area contributed by atoms with E-state index in [4.69, 9.17) is 11.6 Å². The molecule has 1 aromatic carbocycles. The van der Waals surface area contributed by atoms with Crippen LogP contribution in [0.25, 0.3) is 5.69 Å². The van der Waals surface area contributed by atoms with Gasteiger partial charge < -0.3 is 0 Å². The number of halogens is 1.